The Labute approximate surface area is 97.4 Å². The molecule has 0 heterocycles. The van der Waals surface area contributed by atoms with E-state index < -0.39 is 0 Å². The highest BCUT2D eigenvalue weighted by molar-refractivity contribution is 5.42. The quantitative estimate of drug-likeness (QED) is 0.745. The fourth-order valence-electron chi connectivity index (χ4n) is 2.27. The maximum absolute atomic E-state index is 5.44. The Bertz CT molecular complexity index is 415. The first-order chi connectivity index (χ1) is 7.66. The third-order valence-electron chi connectivity index (χ3n) is 3.38. The zero-order valence-corrected chi connectivity index (χ0v) is 10.1. The molecule has 0 N–H and O–H groups in total. The van der Waals surface area contributed by atoms with Crippen LogP contribution in [0.5, 0.6) is 5.75 Å². The maximum Gasteiger partial charge on any atom is 0.122 e. The third-order valence-corrected chi connectivity index (χ3v) is 3.38. The van der Waals surface area contributed by atoms with Crippen molar-refractivity contribution in [3.05, 3.63) is 54.1 Å². The van der Waals surface area contributed by atoms with Gasteiger partial charge in [-0.3, -0.25) is 0 Å². The topological polar surface area (TPSA) is 9.23 Å². The summed E-state index contributed by atoms with van der Waals surface area (Å²) in [5, 5.41) is 0. The van der Waals surface area contributed by atoms with Crippen LogP contribution >= 0.6 is 0 Å². The lowest BCUT2D eigenvalue weighted by Crippen LogP contribution is -2.25. The Morgan fingerprint density at radius 1 is 1.06 bits per heavy atom. The van der Waals surface area contributed by atoms with Crippen molar-refractivity contribution in [1.29, 1.82) is 0 Å². The monoisotopic (exact) mass is 214 g/mol. The van der Waals surface area contributed by atoms with Gasteiger partial charge in [0.2, 0.25) is 0 Å². The fraction of sp³-hybridized carbons (Fsp3) is 0.333. The standard InChI is InChI=1S/C15H18O/c1-15(2,12-8-4-5-9-12)13-10-6-7-11-14(13)16-3/h4-12H,1-3H3. The SMILES string of the molecule is COc1ccccc1C(C)(C)C1C=CC=C1. The molecule has 1 aliphatic carbocycles. The van der Waals surface area contributed by atoms with Crippen molar-refractivity contribution < 1.29 is 4.74 Å². The molecule has 0 amide bonds. The van der Waals surface area contributed by atoms with E-state index in [9.17, 15) is 0 Å². The number of benzene rings is 1. The van der Waals surface area contributed by atoms with Gasteiger partial charge in [0.15, 0.2) is 0 Å². The molecular formula is C15H18O. The highest BCUT2D eigenvalue weighted by Gasteiger charge is 2.31. The van der Waals surface area contributed by atoms with E-state index in [1.54, 1.807) is 7.11 Å². The predicted octanol–water partition coefficient (Wildman–Crippen LogP) is 3.72. The molecule has 1 aromatic carbocycles. The summed E-state index contributed by atoms with van der Waals surface area (Å²) < 4.78 is 5.44. The number of methoxy groups -OCH3 is 1. The van der Waals surface area contributed by atoms with Crippen LogP contribution in [0.25, 0.3) is 0 Å². The summed E-state index contributed by atoms with van der Waals surface area (Å²) in [4.78, 5) is 0. The largest absolute Gasteiger partial charge is 0.496 e. The second-order valence-electron chi connectivity index (χ2n) is 4.72. The van der Waals surface area contributed by atoms with Crippen molar-refractivity contribution in [2.75, 3.05) is 7.11 Å². The minimum absolute atomic E-state index is 0.0656. The van der Waals surface area contributed by atoms with Gasteiger partial charge in [0.25, 0.3) is 0 Å². The van der Waals surface area contributed by atoms with Gasteiger partial charge >= 0.3 is 0 Å². The van der Waals surface area contributed by atoms with E-state index >= 15 is 0 Å². The van der Waals surface area contributed by atoms with Gasteiger partial charge in [-0.25, -0.2) is 0 Å². The Morgan fingerprint density at radius 2 is 1.69 bits per heavy atom. The predicted molar refractivity (Wildman–Crippen MR) is 67.8 cm³/mol. The average molecular weight is 214 g/mol. The lowest BCUT2D eigenvalue weighted by molar-refractivity contribution is 0.376. The van der Waals surface area contributed by atoms with Gasteiger partial charge in [-0.05, 0) is 6.07 Å². The van der Waals surface area contributed by atoms with Crippen LogP contribution in [0.3, 0.4) is 0 Å². The molecule has 1 aromatic rings. The highest BCUT2D eigenvalue weighted by atomic mass is 16.5. The number of allylic oxidation sites excluding steroid dienone is 4. The number of rotatable bonds is 3. The Morgan fingerprint density at radius 3 is 2.31 bits per heavy atom. The lowest BCUT2D eigenvalue weighted by atomic mass is 9.73. The minimum atomic E-state index is 0.0656. The molecular weight excluding hydrogens is 196 g/mol. The Kier molecular flexibility index (Phi) is 2.86. The van der Waals surface area contributed by atoms with Crippen molar-refractivity contribution in [3.63, 3.8) is 0 Å². The summed E-state index contributed by atoms with van der Waals surface area (Å²) in [5.74, 6) is 1.42. The fourth-order valence-corrected chi connectivity index (χ4v) is 2.27. The van der Waals surface area contributed by atoms with Gasteiger partial charge in [-0.2, -0.15) is 0 Å². The number of hydrogen-bond acceptors (Lipinski definition) is 1. The molecule has 0 atom stereocenters. The molecule has 84 valence electrons. The minimum Gasteiger partial charge on any atom is -0.496 e. The van der Waals surface area contributed by atoms with Crippen LogP contribution in [0, 0.1) is 5.92 Å². The molecule has 0 aromatic heterocycles. The van der Waals surface area contributed by atoms with Gasteiger partial charge < -0.3 is 4.74 Å². The Hall–Kier alpha value is -1.50. The van der Waals surface area contributed by atoms with Crippen molar-refractivity contribution in [1.82, 2.24) is 0 Å². The molecule has 0 spiro atoms. The van der Waals surface area contributed by atoms with Crippen molar-refractivity contribution in [2.45, 2.75) is 19.3 Å². The van der Waals surface area contributed by atoms with E-state index in [0.29, 0.717) is 5.92 Å². The first kappa shape index (κ1) is 11.0. The van der Waals surface area contributed by atoms with Crippen LogP contribution < -0.4 is 4.74 Å². The summed E-state index contributed by atoms with van der Waals surface area (Å²) in [7, 11) is 1.73. The van der Waals surface area contributed by atoms with E-state index in [1.807, 2.05) is 12.1 Å². The van der Waals surface area contributed by atoms with Crippen LogP contribution in [0.1, 0.15) is 19.4 Å². The van der Waals surface area contributed by atoms with Gasteiger partial charge in [0, 0.05) is 16.9 Å². The summed E-state index contributed by atoms with van der Waals surface area (Å²) in [5.41, 5.74) is 1.33. The van der Waals surface area contributed by atoms with Crippen LogP contribution in [0.4, 0.5) is 0 Å². The van der Waals surface area contributed by atoms with Crippen LogP contribution in [-0.2, 0) is 5.41 Å². The molecule has 1 aliphatic rings. The first-order valence-corrected chi connectivity index (χ1v) is 5.65. The molecule has 0 bridgehead atoms. The van der Waals surface area contributed by atoms with Gasteiger partial charge in [0.05, 0.1) is 7.11 Å². The number of hydrogen-bond donors (Lipinski definition) is 0. The van der Waals surface area contributed by atoms with Gasteiger partial charge in [0.1, 0.15) is 5.75 Å². The molecule has 0 saturated heterocycles. The number of ether oxygens (including phenoxy) is 1. The number of para-hydroxylation sites is 1. The normalized spacial score (nSPS) is 15.7. The summed E-state index contributed by atoms with van der Waals surface area (Å²) >= 11 is 0. The van der Waals surface area contributed by atoms with Gasteiger partial charge in [-0.15, -0.1) is 0 Å². The smallest absolute Gasteiger partial charge is 0.122 e. The van der Waals surface area contributed by atoms with E-state index in [2.05, 4.69) is 50.3 Å². The summed E-state index contributed by atoms with van der Waals surface area (Å²) in [6, 6.07) is 8.26. The summed E-state index contributed by atoms with van der Waals surface area (Å²) in [6.07, 6.45) is 8.71. The lowest BCUT2D eigenvalue weighted by Gasteiger charge is -2.31. The van der Waals surface area contributed by atoms with Crippen LogP contribution in [0.2, 0.25) is 0 Å². The second kappa shape index (κ2) is 4.17. The highest BCUT2D eigenvalue weighted by Crippen LogP contribution is 2.39. The van der Waals surface area contributed by atoms with E-state index in [1.165, 1.54) is 5.56 Å². The molecule has 0 aliphatic heterocycles. The van der Waals surface area contributed by atoms with Crippen molar-refractivity contribution >= 4 is 0 Å². The molecule has 0 radical (unpaired) electrons. The molecule has 2 rings (SSSR count). The van der Waals surface area contributed by atoms with Crippen LogP contribution in [-0.4, -0.2) is 7.11 Å². The second-order valence-corrected chi connectivity index (χ2v) is 4.72. The average Bonchev–Trinajstić information content (AvgIpc) is 2.83. The third kappa shape index (κ3) is 1.78. The van der Waals surface area contributed by atoms with E-state index in [4.69, 9.17) is 4.74 Å². The van der Waals surface area contributed by atoms with Crippen molar-refractivity contribution in [2.24, 2.45) is 5.92 Å². The molecule has 0 saturated carbocycles. The maximum atomic E-state index is 5.44. The van der Waals surface area contributed by atoms with E-state index in [0.717, 1.165) is 5.75 Å². The Balaban J connectivity index is 2.41. The molecule has 16 heavy (non-hydrogen) atoms. The van der Waals surface area contributed by atoms with Gasteiger partial charge in [-0.1, -0.05) is 56.4 Å². The zero-order chi connectivity index (χ0) is 11.6. The first-order valence-electron chi connectivity index (χ1n) is 5.65. The molecule has 1 nitrogen and oxygen atoms in total. The molecule has 1 heteroatoms. The molecule has 0 fully saturated rings. The van der Waals surface area contributed by atoms with Crippen molar-refractivity contribution in [3.8, 4) is 5.75 Å². The summed E-state index contributed by atoms with van der Waals surface area (Å²) in [6.45, 7) is 4.52. The zero-order valence-electron chi connectivity index (χ0n) is 10.1. The molecule has 0 unspecified atom stereocenters. The van der Waals surface area contributed by atoms with E-state index in [-0.39, 0.29) is 5.41 Å². The van der Waals surface area contributed by atoms with Crippen LogP contribution in [0.15, 0.2) is 48.6 Å².